The Labute approximate surface area is 158 Å². The zero-order valence-electron chi connectivity index (χ0n) is 15.0. The Bertz CT molecular complexity index is 1030. The molecule has 0 saturated heterocycles. The van der Waals surface area contributed by atoms with E-state index in [2.05, 4.69) is 5.16 Å². The molecule has 0 bridgehead atoms. The molecular formula is C19H15FN2O6. The highest BCUT2D eigenvalue weighted by atomic mass is 19.1. The van der Waals surface area contributed by atoms with Crippen LogP contribution in [0.15, 0.2) is 47.0 Å². The van der Waals surface area contributed by atoms with E-state index < -0.39 is 28.1 Å². The third-order valence-electron chi connectivity index (χ3n) is 3.96. The number of hydrogen-bond acceptors (Lipinski definition) is 7. The molecule has 144 valence electrons. The van der Waals surface area contributed by atoms with Gasteiger partial charge in [-0.1, -0.05) is 11.2 Å². The molecule has 0 aliphatic rings. The van der Waals surface area contributed by atoms with Gasteiger partial charge in [-0.3, -0.25) is 10.1 Å². The number of ether oxygens (including phenoxy) is 2. The van der Waals surface area contributed by atoms with Crippen LogP contribution in [0.5, 0.6) is 11.5 Å². The average molecular weight is 386 g/mol. The van der Waals surface area contributed by atoms with E-state index in [1.165, 1.54) is 12.1 Å². The second kappa shape index (κ2) is 7.87. The van der Waals surface area contributed by atoms with Crippen LogP contribution in [0, 0.1) is 29.8 Å². The van der Waals surface area contributed by atoms with Gasteiger partial charge in [0.15, 0.2) is 0 Å². The summed E-state index contributed by atoms with van der Waals surface area (Å²) in [6, 6.07) is 8.72. The molecule has 2 aromatic carbocycles. The van der Waals surface area contributed by atoms with Crippen LogP contribution >= 0.6 is 0 Å². The van der Waals surface area contributed by atoms with Crippen molar-refractivity contribution in [2.75, 3.05) is 0 Å². The average Bonchev–Trinajstić information content (AvgIpc) is 2.98. The SMILES string of the molecule is Cc1noc(C)c1COc1cccc(C(=O)Oc2cc(F)ccc2[N+](=O)[O-])c1. The third kappa shape index (κ3) is 4.14. The quantitative estimate of drug-likeness (QED) is 0.271. The number of benzene rings is 2. The normalized spacial score (nSPS) is 10.5. The minimum atomic E-state index is -0.878. The Morgan fingerprint density at radius 3 is 2.71 bits per heavy atom. The molecule has 0 unspecified atom stereocenters. The first kappa shape index (κ1) is 19.0. The number of carbonyl (C=O) groups excluding carboxylic acids is 1. The Balaban J connectivity index is 1.76. The van der Waals surface area contributed by atoms with Crippen LogP contribution in [0.4, 0.5) is 10.1 Å². The monoisotopic (exact) mass is 386 g/mol. The largest absolute Gasteiger partial charge is 0.489 e. The standard InChI is InChI=1S/C19H15FN2O6/c1-11-16(12(2)28-21-11)10-26-15-5-3-4-13(8-15)19(23)27-18-9-14(20)6-7-17(18)22(24)25/h3-9H,10H2,1-2H3. The number of halogens is 1. The van der Waals surface area contributed by atoms with Crippen LogP contribution in [-0.4, -0.2) is 16.0 Å². The topological polar surface area (TPSA) is 105 Å². The maximum Gasteiger partial charge on any atom is 0.343 e. The Morgan fingerprint density at radius 1 is 1.25 bits per heavy atom. The number of nitro groups is 1. The van der Waals surface area contributed by atoms with Crippen molar-refractivity contribution in [1.82, 2.24) is 5.16 Å². The number of nitro benzene ring substituents is 1. The first-order chi connectivity index (χ1) is 13.3. The number of hydrogen-bond donors (Lipinski definition) is 0. The highest BCUT2D eigenvalue weighted by Crippen LogP contribution is 2.28. The van der Waals surface area contributed by atoms with Crippen molar-refractivity contribution < 1.29 is 28.1 Å². The van der Waals surface area contributed by atoms with E-state index in [0.717, 1.165) is 23.8 Å². The minimum absolute atomic E-state index is 0.0924. The van der Waals surface area contributed by atoms with Crippen LogP contribution in [0.3, 0.4) is 0 Å². The summed E-state index contributed by atoms with van der Waals surface area (Å²) in [7, 11) is 0. The molecule has 0 saturated carbocycles. The van der Waals surface area contributed by atoms with Gasteiger partial charge >= 0.3 is 11.7 Å². The molecule has 0 aliphatic heterocycles. The lowest BCUT2D eigenvalue weighted by Gasteiger charge is -2.08. The molecule has 0 atom stereocenters. The van der Waals surface area contributed by atoms with Gasteiger partial charge in [0.05, 0.1) is 21.7 Å². The lowest BCUT2D eigenvalue weighted by molar-refractivity contribution is -0.385. The Hall–Kier alpha value is -3.75. The smallest absolute Gasteiger partial charge is 0.343 e. The fourth-order valence-corrected chi connectivity index (χ4v) is 2.46. The van der Waals surface area contributed by atoms with Gasteiger partial charge in [0.25, 0.3) is 0 Å². The third-order valence-corrected chi connectivity index (χ3v) is 3.96. The second-order valence-electron chi connectivity index (χ2n) is 5.88. The number of nitrogens with zero attached hydrogens (tertiary/aromatic N) is 2. The van der Waals surface area contributed by atoms with Gasteiger partial charge in [0.1, 0.15) is 23.9 Å². The molecule has 0 fully saturated rings. The lowest BCUT2D eigenvalue weighted by atomic mass is 10.2. The van der Waals surface area contributed by atoms with Crippen molar-refractivity contribution in [3.05, 3.63) is 81.0 Å². The first-order valence-electron chi connectivity index (χ1n) is 8.16. The molecule has 1 aromatic heterocycles. The zero-order valence-corrected chi connectivity index (χ0v) is 15.0. The molecule has 28 heavy (non-hydrogen) atoms. The summed E-state index contributed by atoms with van der Waals surface area (Å²) in [6.07, 6.45) is 0. The molecule has 0 amide bonds. The van der Waals surface area contributed by atoms with E-state index in [0.29, 0.717) is 17.2 Å². The van der Waals surface area contributed by atoms with Gasteiger partial charge in [-0.25, -0.2) is 9.18 Å². The van der Waals surface area contributed by atoms with Crippen molar-refractivity contribution in [2.24, 2.45) is 0 Å². The summed E-state index contributed by atoms with van der Waals surface area (Å²) in [5, 5.41) is 14.9. The molecule has 3 rings (SSSR count). The maximum atomic E-state index is 13.4. The summed E-state index contributed by atoms with van der Waals surface area (Å²) < 4.78 is 29.1. The molecular weight excluding hydrogens is 371 g/mol. The summed E-state index contributed by atoms with van der Waals surface area (Å²) in [4.78, 5) is 22.6. The van der Waals surface area contributed by atoms with Crippen molar-refractivity contribution >= 4 is 11.7 Å². The van der Waals surface area contributed by atoms with Crippen LogP contribution < -0.4 is 9.47 Å². The first-order valence-corrected chi connectivity index (χ1v) is 8.16. The van der Waals surface area contributed by atoms with Gasteiger partial charge in [0.2, 0.25) is 5.75 Å². The fourth-order valence-electron chi connectivity index (χ4n) is 2.46. The maximum absolute atomic E-state index is 13.4. The van der Waals surface area contributed by atoms with Crippen LogP contribution in [0.2, 0.25) is 0 Å². The van der Waals surface area contributed by atoms with Crippen LogP contribution in [0.1, 0.15) is 27.4 Å². The van der Waals surface area contributed by atoms with E-state index >= 15 is 0 Å². The van der Waals surface area contributed by atoms with Gasteiger partial charge in [-0.05, 0) is 38.1 Å². The number of carbonyl (C=O) groups is 1. The number of aromatic nitrogens is 1. The van der Waals surface area contributed by atoms with Gasteiger partial charge in [-0.15, -0.1) is 0 Å². The molecule has 0 aliphatic carbocycles. The van der Waals surface area contributed by atoms with Crippen molar-refractivity contribution in [3.8, 4) is 11.5 Å². The zero-order chi connectivity index (χ0) is 20.3. The fraction of sp³-hybridized carbons (Fsp3) is 0.158. The molecule has 1 heterocycles. The predicted octanol–water partition coefficient (Wildman–Crippen LogP) is 4.14. The van der Waals surface area contributed by atoms with E-state index in [-0.39, 0.29) is 12.2 Å². The lowest BCUT2D eigenvalue weighted by Crippen LogP contribution is -2.10. The molecule has 0 N–H and O–H groups in total. The molecule has 0 spiro atoms. The van der Waals surface area contributed by atoms with Crippen LogP contribution in [0.25, 0.3) is 0 Å². The van der Waals surface area contributed by atoms with Gasteiger partial charge < -0.3 is 14.0 Å². The minimum Gasteiger partial charge on any atom is -0.489 e. The van der Waals surface area contributed by atoms with Crippen molar-refractivity contribution in [2.45, 2.75) is 20.5 Å². The number of aryl methyl sites for hydroxylation is 2. The summed E-state index contributed by atoms with van der Waals surface area (Å²) >= 11 is 0. The highest BCUT2D eigenvalue weighted by molar-refractivity contribution is 5.92. The van der Waals surface area contributed by atoms with E-state index in [9.17, 15) is 19.3 Å². The molecule has 3 aromatic rings. The summed E-state index contributed by atoms with van der Waals surface area (Å²) in [5.74, 6) is -1.10. The van der Waals surface area contributed by atoms with Crippen molar-refractivity contribution in [1.29, 1.82) is 0 Å². The Morgan fingerprint density at radius 2 is 2.04 bits per heavy atom. The predicted molar refractivity (Wildman–Crippen MR) is 94.8 cm³/mol. The highest BCUT2D eigenvalue weighted by Gasteiger charge is 2.20. The van der Waals surface area contributed by atoms with Crippen LogP contribution in [-0.2, 0) is 6.61 Å². The summed E-state index contributed by atoms with van der Waals surface area (Å²) in [5.41, 5.74) is 1.07. The van der Waals surface area contributed by atoms with E-state index in [1.807, 2.05) is 0 Å². The second-order valence-corrected chi connectivity index (χ2v) is 5.88. The van der Waals surface area contributed by atoms with E-state index in [1.54, 1.807) is 26.0 Å². The Kier molecular flexibility index (Phi) is 5.35. The number of esters is 1. The van der Waals surface area contributed by atoms with Gasteiger partial charge in [0, 0.05) is 12.1 Å². The molecule has 8 nitrogen and oxygen atoms in total. The van der Waals surface area contributed by atoms with E-state index in [4.69, 9.17) is 14.0 Å². The van der Waals surface area contributed by atoms with Gasteiger partial charge in [-0.2, -0.15) is 0 Å². The summed E-state index contributed by atoms with van der Waals surface area (Å²) in [6.45, 7) is 3.74. The molecule has 9 heteroatoms. The van der Waals surface area contributed by atoms with Crippen molar-refractivity contribution in [3.63, 3.8) is 0 Å². The number of rotatable bonds is 6. The molecule has 0 radical (unpaired) electrons.